The molecule has 2 saturated carbocycles. The number of aromatic nitrogens is 4. The molecule has 1 saturated heterocycles. The number of hydrogen-bond acceptors (Lipinski definition) is 17. The minimum atomic E-state index is -3.81. The second-order valence-electron chi connectivity index (χ2n) is 20.5. The van der Waals surface area contributed by atoms with Gasteiger partial charge in [-0.1, -0.05) is 52.0 Å². The van der Waals surface area contributed by atoms with Gasteiger partial charge in [0.1, 0.15) is 52.8 Å². The number of aromatic amines is 1. The molecule has 4 unspecified atom stereocenters. The number of nitrogens with zero attached hydrogens (tertiary/aromatic N) is 5. The number of guanidine groups is 1. The number of aliphatic hydroxyl groups excluding tert-OH is 1. The molecule has 2 aliphatic heterocycles. The van der Waals surface area contributed by atoms with Crippen molar-refractivity contribution in [2.24, 2.45) is 44.9 Å². The van der Waals surface area contributed by atoms with Crippen LogP contribution in [0.5, 0.6) is 17.4 Å². The van der Waals surface area contributed by atoms with Crippen molar-refractivity contribution >= 4 is 55.7 Å². The van der Waals surface area contributed by atoms with Crippen LogP contribution in [0.4, 0.5) is 11.4 Å². The highest BCUT2D eigenvalue weighted by molar-refractivity contribution is 7.82. The Balaban J connectivity index is 0.000000201. The van der Waals surface area contributed by atoms with E-state index in [1.54, 1.807) is 12.1 Å². The smallest absolute Gasteiger partial charge is 0.400 e. The number of anilines is 2. The number of aliphatic hydroxyl groups is 1. The Morgan fingerprint density at radius 3 is 2.03 bits per heavy atom. The first-order valence-electron chi connectivity index (χ1n) is 26.9. The molecule has 4 aliphatic rings. The van der Waals surface area contributed by atoms with E-state index in [1.807, 2.05) is 43.3 Å². The Bertz CT molecular complexity index is 2710. The van der Waals surface area contributed by atoms with Crippen LogP contribution in [0.1, 0.15) is 138 Å². The van der Waals surface area contributed by atoms with Crippen LogP contribution < -0.4 is 37.3 Å². The zero-order valence-corrected chi connectivity index (χ0v) is 48.9. The summed E-state index contributed by atoms with van der Waals surface area (Å²) in [6.07, 6.45) is 11.1. The van der Waals surface area contributed by atoms with E-state index in [4.69, 9.17) is 49.3 Å². The van der Waals surface area contributed by atoms with E-state index in [0.717, 1.165) is 118 Å². The third-order valence-corrected chi connectivity index (χ3v) is 16.9. The van der Waals surface area contributed by atoms with Gasteiger partial charge < -0.3 is 51.5 Å². The molecular weight excluding hydrogens is 1060 g/mol. The monoisotopic (exact) mass is 1140 g/mol. The highest BCUT2D eigenvalue weighted by Crippen LogP contribution is 2.47. The molecule has 0 radical (unpaired) electrons. The van der Waals surface area contributed by atoms with Gasteiger partial charge in [-0.15, -0.1) is 0 Å². The number of benzene rings is 2. The lowest BCUT2D eigenvalue weighted by molar-refractivity contribution is 0.113. The number of ether oxygens (including phenoxy) is 1. The van der Waals surface area contributed by atoms with Gasteiger partial charge in [0.2, 0.25) is 5.88 Å². The maximum Gasteiger partial charge on any atom is 0.400 e. The summed E-state index contributed by atoms with van der Waals surface area (Å²) in [5.74, 6) is 4.80. The number of hydrogen-bond donors (Lipinski definition) is 7. The van der Waals surface area contributed by atoms with Gasteiger partial charge in [0.15, 0.2) is 5.96 Å². The second-order valence-corrected chi connectivity index (χ2v) is 22.6. The molecular formula is C53H81N10O10P3S. The van der Waals surface area contributed by atoms with Crippen LogP contribution in [0, 0.1) is 23.7 Å². The SMILES string of the molecule is CC[C@H](C)c1nc(CCc2ccc(O)cc2)c2c(n1)O[C@@H]1[C@@H](CCO)C[C@H](CCCN=C(N)N)[C@H]1N2.CC[C@H](C)c1nc(CCc2ccc(OP)cc2)c(N)c(=O)[nH]1.O=S1(=O)OC2C(O1)[C@@H](CCOP)C[C@@H]2CCCN=P. The first kappa shape index (κ1) is 61.6. The van der Waals surface area contributed by atoms with Crippen molar-refractivity contribution in [3.63, 3.8) is 0 Å². The summed E-state index contributed by atoms with van der Waals surface area (Å²) in [5, 5.41) is 23.1. The number of aryl methyl sites for hydroxylation is 4. The summed E-state index contributed by atoms with van der Waals surface area (Å²) >= 11 is 0. The Hall–Kier alpha value is -4.58. The van der Waals surface area contributed by atoms with Crippen molar-refractivity contribution in [3.05, 3.63) is 93.0 Å². The van der Waals surface area contributed by atoms with Crippen LogP contribution in [-0.4, -0.2) is 95.2 Å². The lowest BCUT2D eigenvalue weighted by Gasteiger charge is -2.35. The predicted octanol–water partition coefficient (Wildman–Crippen LogP) is 7.87. The number of aromatic hydroxyl groups is 1. The van der Waals surface area contributed by atoms with Crippen LogP contribution >= 0.6 is 28.0 Å². The average molecular weight is 1140 g/mol. The fourth-order valence-corrected chi connectivity index (χ4v) is 12.2. The van der Waals surface area contributed by atoms with Crippen molar-refractivity contribution in [2.45, 2.75) is 154 Å². The molecule has 2 aromatic carbocycles. The van der Waals surface area contributed by atoms with Gasteiger partial charge in [0, 0.05) is 46.9 Å². The zero-order chi connectivity index (χ0) is 55.6. The standard InChI is InChI=1S/C27H40N6O3.C16H22N3O2P.C10H19NO5P2S/c1-3-16(2)25-31-21(11-8-17-6-9-20(35)10-7-17)23-26(33-25)36-24-19(12-14-34)15-18(22(24)32-23)5-4-13-30-27(28)29;1-3-10(2)15-18-13(14(17)16(20)19-15)9-6-11-4-7-12(21-22)8-5-11;12-19(13)15-9-7(2-1-4-11-17)6-8(3-5-14-18)10(9)16-19/h6-7,9-10,16,18-19,22,24,32,34-35H,3-5,8,11-15H2,1-2H3,(H4,28,29,30);4-5,7-8,10H,3,6,9,17,22H2,1-2H3,(H,18,19,20);7-10,17H,1-6,18H2/t16-,18-,19-,22+,24+;10-;7-,8-,9?,10?/m000/s1. The summed E-state index contributed by atoms with van der Waals surface area (Å²) in [4.78, 5) is 33.2. The summed E-state index contributed by atoms with van der Waals surface area (Å²) in [6, 6.07) is 15.3. The van der Waals surface area contributed by atoms with Crippen molar-refractivity contribution in [3.8, 4) is 17.4 Å². The molecule has 8 rings (SSSR count). The van der Waals surface area contributed by atoms with Gasteiger partial charge in [0.25, 0.3) is 5.56 Å². The lowest BCUT2D eigenvalue weighted by Crippen LogP contribution is -2.44. The van der Waals surface area contributed by atoms with E-state index in [2.05, 4.69) is 73.8 Å². The van der Waals surface area contributed by atoms with Crippen LogP contribution in [0.25, 0.3) is 0 Å². The second kappa shape index (κ2) is 30.1. The normalized spacial score (nSPS) is 23.3. The van der Waals surface area contributed by atoms with E-state index in [1.165, 1.54) is 0 Å². The topological polar surface area (TPSA) is 307 Å². The quantitative estimate of drug-likeness (QED) is 0.0152. The first-order chi connectivity index (χ1) is 37.0. The molecule has 0 bridgehead atoms. The van der Waals surface area contributed by atoms with E-state index in [9.17, 15) is 23.4 Å². The minimum absolute atomic E-state index is 0.0395. The Kier molecular flexibility index (Phi) is 24.1. The van der Waals surface area contributed by atoms with Crippen LogP contribution in [0.2, 0.25) is 0 Å². The summed E-state index contributed by atoms with van der Waals surface area (Å²) in [7, 11) is 3.70. The summed E-state index contributed by atoms with van der Waals surface area (Å²) < 4.78 is 53.6. The zero-order valence-electron chi connectivity index (χ0n) is 44.8. The molecule has 4 aromatic rings. The number of fused-ring (bicyclic) bond motifs is 3. The third-order valence-electron chi connectivity index (χ3n) is 15.2. The maximum absolute atomic E-state index is 11.9. The fraction of sp³-hybridized carbons (Fsp3) is 0.604. The number of nitrogen functional groups attached to an aromatic ring is 1. The fourth-order valence-electron chi connectivity index (χ4n) is 10.6. The van der Waals surface area contributed by atoms with E-state index in [-0.39, 0.29) is 83.5 Å². The number of phenols is 1. The highest BCUT2D eigenvalue weighted by Gasteiger charge is 2.53. The Labute approximate surface area is 460 Å². The number of H-pyrrole nitrogens is 1. The van der Waals surface area contributed by atoms with Gasteiger partial charge in [-0.3, -0.25) is 14.5 Å². The number of nitrogens with one attached hydrogen (secondary N) is 2. The van der Waals surface area contributed by atoms with Crippen LogP contribution in [-0.2, 0) is 49.0 Å². The molecule has 10 N–H and O–H groups in total. The Morgan fingerprint density at radius 1 is 0.818 bits per heavy atom. The number of phenolic OH excluding ortho intramolecular Hbond substituents is 1. The molecule has 424 valence electrons. The van der Waals surface area contributed by atoms with Gasteiger partial charge in [-0.2, -0.15) is 13.4 Å². The van der Waals surface area contributed by atoms with Crippen LogP contribution in [0.3, 0.4) is 0 Å². The molecule has 24 heteroatoms. The lowest BCUT2D eigenvalue weighted by atomic mass is 9.95. The summed E-state index contributed by atoms with van der Waals surface area (Å²) in [6.45, 7) is 10.4. The van der Waals surface area contributed by atoms with Gasteiger partial charge in [0.05, 0.1) is 33.5 Å². The third kappa shape index (κ3) is 17.5. The van der Waals surface area contributed by atoms with Gasteiger partial charge in [-0.25, -0.2) is 18.3 Å². The van der Waals surface area contributed by atoms with Crippen molar-refractivity contribution in [1.82, 2.24) is 19.9 Å². The minimum Gasteiger partial charge on any atom is -0.508 e. The molecule has 0 amide bonds. The predicted molar refractivity (Wildman–Crippen MR) is 309 cm³/mol. The number of aliphatic imine (C=N–C) groups is 1. The van der Waals surface area contributed by atoms with Crippen molar-refractivity contribution in [1.29, 1.82) is 0 Å². The molecule has 3 fully saturated rings. The average Bonchev–Trinajstić information content (AvgIpc) is 4.08. The maximum atomic E-state index is 11.9. The molecule has 2 aromatic heterocycles. The molecule has 4 heterocycles. The summed E-state index contributed by atoms with van der Waals surface area (Å²) in [5.41, 5.74) is 21.6. The largest absolute Gasteiger partial charge is 0.508 e. The molecule has 20 nitrogen and oxygen atoms in total. The van der Waals surface area contributed by atoms with Crippen molar-refractivity contribution in [2.75, 3.05) is 37.4 Å². The highest BCUT2D eigenvalue weighted by atomic mass is 32.3. The molecule has 0 spiro atoms. The van der Waals surface area contributed by atoms with E-state index in [0.29, 0.717) is 49.3 Å². The van der Waals surface area contributed by atoms with E-state index >= 15 is 0 Å². The first-order valence-corrected chi connectivity index (χ1v) is 29.6. The van der Waals surface area contributed by atoms with Gasteiger partial charge >= 0.3 is 10.4 Å². The number of nitrogens with two attached hydrogens (primary N) is 3. The van der Waals surface area contributed by atoms with Crippen molar-refractivity contribution < 1.29 is 40.8 Å². The Morgan fingerprint density at radius 2 is 1.42 bits per heavy atom. The van der Waals surface area contributed by atoms with Gasteiger partial charge in [-0.05, 0) is 152 Å². The molecule has 77 heavy (non-hydrogen) atoms. The molecule has 2 aliphatic carbocycles. The van der Waals surface area contributed by atoms with E-state index < -0.39 is 10.4 Å². The molecule has 12 atom stereocenters. The number of rotatable bonds is 24. The van der Waals surface area contributed by atoms with Crippen LogP contribution in [0.15, 0.2) is 63.1 Å².